The fourth-order valence-corrected chi connectivity index (χ4v) is 3.02. The summed E-state index contributed by atoms with van der Waals surface area (Å²) < 4.78 is 0. The van der Waals surface area contributed by atoms with Gasteiger partial charge in [0.15, 0.2) is 0 Å². The van der Waals surface area contributed by atoms with Crippen LogP contribution in [-0.2, 0) is 0 Å². The first kappa shape index (κ1) is 10.4. The molecule has 2 aliphatic heterocycles. The highest BCUT2D eigenvalue weighted by atomic mass is 16.2. The van der Waals surface area contributed by atoms with Crippen LogP contribution in [0.5, 0.6) is 0 Å². The van der Waals surface area contributed by atoms with Gasteiger partial charge in [-0.25, -0.2) is 4.79 Å². The average molecular weight is 231 g/mol. The molecule has 17 heavy (non-hydrogen) atoms. The standard InChI is InChI=1S/C13H17N3O/c14-13(17)16-8-10-6-15(7-11(10)9-16)12-4-2-1-3-5-12/h1-5,10-11H,6-9H2,(H2,14,17). The Hall–Kier alpha value is -1.71. The number of para-hydroxylation sites is 1. The van der Waals surface area contributed by atoms with Gasteiger partial charge in [-0.15, -0.1) is 0 Å². The van der Waals surface area contributed by atoms with Crippen LogP contribution in [-0.4, -0.2) is 37.1 Å². The van der Waals surface area contributed by atoms with Crippen LogP contribution >= 0.6 is 0 Å². The molecule has 2 unspecified atom stereocenters. The average Bonchev–Trinajstić information content (AvgIpc) is 2.87. The highest BCUT2D eigenvalue weighted by Gasteiger charge is 2.41. The summed E-state index contributed by atoms with van der Waals surface area (Å²) in [6.07, 6.45) is 0. The zero-order chi connectivity index (χ0) is 11.8. The molecule has 90 valence electrons. The van der Waals surface area contributed by atoms with Gasteiger partial charge in [-0.3, -0.25) is 0 Å². The summed E-state index contributed by atoms with van der Waals surface area (Å²) in [6, 6.07) is 10.2. The van der Waals surface area contributed by atoms with Gasteiger partial charge in [-0.2, -0.15) is 0 Å². The Morgan fingerprint density at radius 2 is 1.65 bits per heavy atom. The van der Waals surface area contributed by atoms with Gasteiger partial charge < -0.3 is 15.5 Å². The monoisotopic (exact) mass is 231 g/mol. The molecule has 0 saturated carbocycles. The number of carbonyl (C=O) groups excluding carboxylic acids is 1. The van der Waals surface area contributed by atoms with Crippen molar-refractivity contribution >= 4 is 11.7 Å². The first-order chi connectivity index (χ1) is 8.24. The fourth-order valence-electron chi connectivity index (χ4n) is 3.02. The number of nitrogens with two attached hydrogens (primary N) is 1. The largest absolute Gasteiger partial charge is 0.371 e. The van der Waals surface area contributed by atoms with E-state index in [4.69, 9.17) is 5.73 Å². The predicted octanol–water partition coefficient (Wildman–Crippen LogP) is 1.13. The van der Waals surface area contributed by atoms with Gasteiger partial charge in [0.05, 0.1) is 0 Å². The van der Waals surface area contributed by atoms with E-state index in [9.17, 15) is 4.79 Å². The number of hydrogen-bond donors (Lipinski definition) is 1. The molecule has 3 rings (SSSR count). The summed E-state index contributed by atoms with van der Waals surface area (Å²) >= 11 is 0. The number of likely N-dealkylation sites (tertiary alicyclic amines) is 1. The highest BCUT2D eigenvalue weighted by Crippen LogP contribution is 2.33. The maximum Gasteiger partial charge on any atom is 0.314 e. The third-order valence-electron chi connectivity index (χ3n) is 3.92. The number of rotatable bonds is 1. The molecule has 1 aromatic carbocycles. The van der Waals surface area contributed by atoms with Gasteiger partial charge in [0.1, 0.15) is 0 Å². The van der Waals surface area contributed by atoms with E-state index in [1.54, 1.807) is 4.90 Å². The van der Waals surface area contributed by atoms with Gasteiger partial charge in [-0.05, 0) is 12.1 Å². The van der Waals surface area contributed by atoms with Gasteiger partial charge in [0.2, 0.25) is 0 Å². The maximum atomic E-state index is 11.1. The Labute approximate surface area is 101 Å². The normalized spacial score (nSPS) is 27.3. The molecule has 4 heteroatoms. The summed E-state index contributed by atoms with van der Waals surface area (Å²) in [5, 5.41) is 0. The van der Waals surface area contributed by atoms with Gasteiger partial charge >= 0.3 is 6.03 Å². The molecule has 2 saturated heterocycles. The third kappa shape index (κ3) is 1.84. The Bertz CT molecular complexity index is 406. The lowest BCUT2D eigenvalue weighted by atomic mass is 10.0. The van der Waals surface area contributed by atoms with Gasteiger partial charge in [-0.1, -0.05) is 18.2 Å². The van der Waals surface area contributed by atoms with Crippen LogP contribution in [0.4, 0.5) is 10.5 Å². The van der Waals surface area contributed by atoms with Crippen LogP contribution in [0, 0.1) is 11.8 Å². The second-order valence-corrected chi connectivity index (χ2v) is 5.00. The molecule has 1 aromatic rings. The molecule has 2 atom stereocenters. The molecular formula is C13H17N3O. The molecule has 2 heterocycles. The van der Waals surface area contributed by atoms with Crippen molar-refractivity contribution in [1.29, 1.82) is 0 Å². The van der Waals surface area contributed by atoms with Crippen molar-refractivity contribution in [3.63, 3.8) is 0 Å². The molecule has 0 radical (unpaired) electrons. The molecule has 0 bridgehead atoms. The number of primary amides is 1. The van der Waals surface area contributed by atoms with Crippen molar-refractivity contribution in [2.24, 2.45) is 17.6 Å². The van der Waals surface area contributed by atoms with E-state index in [2.05, 4.69) is 29.2 Å². The van der Waals surface area contributed by atoms with Crippen molar-refractivity contribution in [1.82, 2.24) is 4.90 Å². The van der Waals surface area contributed by atoms with E-state index < -0.39 is 0 Å². The number of carbonyl (C=O) groups is 1. The summed E-state index contributed by atoms with van der Waals surface area (Å²) in [7, 11) is 0. The smallest absolute Gasteiger partial charge is 0.314 e. The molecular weight excluding hydrogens is 214 g/mol. The highest BCUT2D eigenvalue weighted by molar-refractivity contribution is 5.72. The third-order valence-corrected chi connectivity index (χ3v) is 3.92. The number of benzene rings is 1. The van der Waals surface area contributed by atoms with Crippen molar-refractivity contribution < 1.29 is 4.79 Å². The van der Waals surface area contributed by atoms with E-state index in [1.807, 2.05) is 6.07 Å². The van der Waals surface area contributed by atoms with Crippen LogP contribution in [0.3, 0.4) is 0 Å². The number of anilines is 1. The Balaban J connectivity index is 1.68. The quantitative estimate of drug-likeness (QED) is 0.787. The fraction of sp³-hybridized carbons (Fsp3) is 0.462. The van der Waals surface area contributed by atoms with Crippen LogP contribution in [0.1, 0.15) is 0 Å². The predicted molar refractivity (Wildman–Crippen MR) is 66.8 cm³/mol. The maximum absolute atomic E-state index is 11.1. The van der Waals surface area contributed by atoms with Crippen molar-refractivity contribution in [3.05, 3.63) is 30.3 Å². The molecule has 2 N–H and O–H groups in total. The second kappa shape index (κ2) is 3.95. The first-order valence-electron chi connectivity index (χ1n) is 6.08. The zero-order valence-corrected chi connectivity index (χ0v) is 9.75. The molecule has 0 aliphatic carbocycles. The Morgan fingerprint density at radius 3 is 2.18 bits per heavy atom. The number of nitrogens with zero attached hydrogens (tertiary/aromatic N) is 2. The minimum Gasteiger partial charge on any atom is -0.371 e. The Morgan fingerprint density at radius 1 is 1.06 bits per heavy atom. The van der Waals surface area contributed by atoms with E-state index in [0.717, 1.165) is 26.2 Å². The number of hydrogen-bond acceptors (Lipinski definition) is 2. The number of amides is 2. The molecule has 2 aliphatic rings. The summed E-state index contributed by atoms with van der Waals surface area (Å²) in [5.74, 6) is 1.17. The van der Waals surface area contributed by atoms with E-state index >= 15 is 0 Å². The number of urea groups is 1. The van der Waals surface area contributed by atoms with Crippen molar-refractivity contribution in [2.45, 2.75) is 0 Å². The van der Waals surface area contributed by atoms with Crippen LogP contribution in [0.25, 0.3) is 0 Å². The van der Waals surface area contributed by atoms with Gasteiger partial charge in [0.25, 0.3) is 0 Å². The van der Waals surface area contributed by atoms with E-state index in [0.29, 0.717) is 11.8 Å². The van der Waals surface area contributed by atoms with Gasteiger partial charge in [0, 0.05) is 43.7 Å². The lowest BCUT2D eigenvalue weighted by molar-refractivity contribution is 0.215. The summed E-state index contributed by atoms with van der Waals surface area (Å²) in [4.78, 5) is 15.3. The summed E-state index contributed by atoms with van der Waals surface area (Å²) in [6.45, 7) is 3.73. The lowest BCUT2D eigenvalue weighted by Crippen LogP contribution is -2.36. The van der Waals surface area contributed by atoms with Crippen molar-refractivity contribution in [3.8, 4) is 0 Å². The minimum absolute atomic E-state index is 0.273. The van der Waals surface area contributed by atoms with Crippen LogP contribution in [0.2, 0.25) is 0 Å². The number of fused-ring (bicyclic) bond motifs is 1. The Kier molecular flexibility index (Phi) is 2.42. The van der Waals surface area contributed by atoms with Crippen molar-refractivity contribution in [2.75, 3.05) is 31.1 Å². The van der Waals surface area contributed by atoms with E-state index in [1.165, 1.54) is 5.69 Å². The molecule has 0 spiro atoms. The SMILES string of the molecule is NC(=O)N1CC2CN(c3ccccc3)CC2C1. The molecule has 2 fully saturated rings. The molecule has 4 nitrogen and oxygen atoms in total. The van der Waals surface area contributed by atoms with Crippen LogP contribution in [0.15, 0.2) is 30.3 Å². The minimum atomic E-state index is -0.273. The first-order valence-corrected chi connectivity index (χ1v) is 6.08. The van der Waals surface area contributed by atoms with Crippen LogP contribution < -0.4 is 10.6 Å². The summed E-state index contributed by atoms with van der Waals surface area (Å²) in [5.41, 5.74) is 6.60. The second-order valence-electron chi connectivity index (χ2n) is 5.00. The topological polar surface area (TPSA) is 49.6 Å². The molecule has 0 aromatic heterocycles. The van der Waals surface area contributed by atoms with E-state index in [-0.39, 0.29) is 6.03 Å². The zero-order valence-electron chi connectivity index (χ0n) is 9.75. The molecule has 2 amide bonds. The lowest BCUT2D eigenvalue weighted by Gasteiger charge is -2.22.